The summed E-state index contributed by atoms with van der Waals surface area (Å²) in [6, 6.07) is 6.59. The van der Waals surface area contributed by atoms with E-state index in [1.807, 2.05) is 6.07 Å². The summed E-state index contributed by atoms with van der Waals surface area (Å²) >= 11 is 11.5. The fourth-order valence-electron chi connectivity index (χ4n) is 1.19. The summed E-state index contributed by atoms with van der Waals surface area (Å²) in [6.07, 6.45) is 0.496. The van der Waals surface area contributed by atoms with Gasteiger partial charge in [0.25, 0.3) is 0 Å². The van der Waals surface area contributed by atoms with Crippen LogP contribution in [0.3, 0.4) is 0 Å². The average molecular weight is 242 g/mol. The lowest BCUT2D eigenvalue weighted by atomic mass is 9.97. The van der Waals surface area contributed by atoms with Gasteiger partial charge in [0.2, 0.25) is 0 Å². The van der Waals surface area contributed by atoms with Crippen molar-refractivity contribution < 1.29 is 4.79 Å². The molecule has 0 spiro atoms. The Morgan fingerprint density at radius 2 is 2.13 bits per heavy atom. The van der Waals surface area contributed by atoms with Crippen LogP contribution in [-0.4, -0.2) is 5.78 Å². The number of rotatable bonds is 3. The van der Waals surface area contributed by atoms with Gasteiger partial charge in [-0.15, -0.1) is 0 Å². The third kappa shape index (κ3) is 2.71. The minimum absolute atomic E-state index is 0.210. The molecule has 0 saturated carbocycles. The van der Waals surface area contributed by atoms with Gasteiger partial charge in [0.1, 0.15) is 5.92 Å². The van der Waals surface area contributed by atoms with Crippen molar-refractivity contribution in [2.45, 2.75) is 13.3 Å². The van der Waals surface area contributed by atoms with Crippen LogP contribution < -0.4 is 0 Å². The van der Waals surface area contributed by atoms with Crippen LogP contribution in [0.25, 0.3) is 0 Å². The molecule has 2 nitrogen and oxygen atoms in total. The number of nitriles is 1. The second kappa shape index (κ2) is 5.16. The molecule has 1 rings (SSSR count). The minimum Gasteiger partial charge on any atom is -0.293 e. The Morgan fingerprint density at radius 1 is 1.47 bits per heavy atom. The first-order valence-electron chi connectivity index (χ1n) is 4.49. The molecule has 0 radical (unpaired) electrons. The first kappa shape index (κ1) is 12.0. The first-order valence-corrected chi connectivity index (χ1v) is 5.24. The van der Waals surface area contributed by atoms with E-state index < -0.39 is 5.92 Å². The van der Waals surface area contributed by atoms with Crippen LogP contribution in [-0.2, 0) is 0 Å². The van der Waals surface area contributed by atoms with Crippen molar-refractivity contribution in [2.75, 3.05) is 0 Å². The number of hydrogen-bond acceptors (Lipinski definition) is 2. The molecule has 4 heteroatoms. The average Bonchev–Trinajstić information content (AvgIpc) is 2.23. The maximum Gasteiger partial charge on any atom is 0.180 e. The Morgan fingerprint density at radius 3 is 2.60 bits per heavy atom. The molecule has 0 amide bonds. The molecule has 0 aliphatic heterocycles. The molecule has 0 bridgehead atoms. The number of Topliss-reactive ketones (excluding diaryl/α,β-unsaturated/α-hetero) is 1. The van der Waals surface area contributed by atoms with Crippen molar-refractivity contribution in [3.05, 3.63) is 33.8 Å². The molecule has 0 fully saturated rings. The summed E-state index contributed by atoms with van der Waals surface area (Å²) < 4.78 is 0. The van der Waals surface area contributed by atoms with E-state index in [9.17, 15) is 4.79 Å². The van der Waals surface area contributed by atoms with Gasteiger partial charge in [-0.3, -0.25) is 4.79 Å². The number of nitrogens with zero attached hydrogens (tertiary/aromatic N) is 1. The summed E-state index contributed by atoms with van der Waals surface area (Å²) in [4.78, 5) is 11.7. The molecule has 0 saturated heterocycles. The van der Waals surface area contributed by atoms with E-state index in [2.05, 4.69) is 0 Å². The minimum atomic E-state index is -0.609. The van der Waals surface area contributed by atoms with Crippen molar-refractivity contribution >= 4 is 29.0 Å². The number of benzene rings is 1. The molecule has 15 heavy (non-hydrogen) atoms. The van der Waals surface area contributed by atoms with Gasteiger partial charge in [-0.05, 0) is 24.6 Å². The van der Waals surface area contributed by atoms with Gasteiger partial charge in [0.15, 0.2) is 5.78 Å². The summed E-state index contributed by atoms with van der Waals surface area (Å²) in [5.41, 5.74) is 0.429. The van der Waals surface area contributed by atoms with Gasteiger partial charge in [-0.2, -0.15) is 5.26 Å². The SMILES string of the molecule is CCC(C#N)C(=O)c1ccc(Cl)c(Cl)c1. The molecule has 78 valence electrons. The summed E-state index contributed by atoms with van der Waals surface area (Å²) in [7, 11) is 0. The van der Waals surface area contributed by atoms with Crippen LogP contribution in [0.5, 0.6) is 0 Å². The predicted molar refractivity (Wildman–Crippen MR) is 60.2 cm³/mol. The number of carbonyl (C=O) groups excluding carboxylic acids is 1. The van der Waals surface area contributed by atoms with Gasteiger partial charge >= 0.3 is 0 Å². The highest BCUT2D eigenvalue weighted by molar-refractivity contribution is 6.42. The fourth-order valence-corrected chi connectivity index (χ4v) is 1.48. The highest BCUT2D eigenvalue weighted by atomic mass is 35.5. The Hall–Kier alpha value is -1.04. The molecule has 0 aromatic heterocycles. The summed E-state index contributed by atoms with van der Waals surface area (Å²) in [5.74, 6) is -0.819. The standard InChI is InChI=1S/C11H9Cl2NO/c1-2-7(6-14)11(15)8-3-4-9(12)10(13)5-8/h3-5,7H,2H2,1H3. The molecular weight excluding hydrogens is 233 g/mol. The van der Waals surface area contributed by atoms with E-state index in [-0.39, 0.29) is 5.78 Å². The third-order valence-electron chi connectivity index (χ3n) is 2.08. The highest BCUT2D eigenvalue weighted by Gasteiger charge is 2.18. The zero-order valence-corrected chi connectivity index (χ0v) is 9.64. The van der Waals surface area contributed by atoms with Gasteiger partial charge in [-0.1, -0.05) is 30.1 Å². The zero-order valence-electron chi connectivity index (χ0n) is 8.13. The monoisotopic (exact) mass is 241 g/mol. The molecular formula is C11H9Cl2NO. The van der Waals surface area contributed by atoms with Crippen LogP contribution in [0.1, 0.15) is 23.7 Å². The molecule has 1 atom stereocenters. The van der Waals surface area contributed by atoms with Crippen LogP contribution in [0, 0.1) is 17.2 Å². The molecule has 1 unspecified atom stereocenters. The Balaban J connectivity index is 3.02. The normalized spacial score (nSPS) is 11.9. The Labute approximate surface area is 98.4 Å². The van der Waals surface area contributed by atoms with Crippen LogP contribution in [0.2, 0.25) is 10.0 Å². The van der Waals surface area contributed by atoms with E-state index in [1.165, 1.54) is 6.07 Å². The molecule has 1 aromatic carbocycles. The van der Waals surface area contributed by atoms with Crippen molar-refractivity contribution in [3.63, 3.8) is 0 Å². The van der Waals surface area contributed by atoms with E-state index in [0.717, 1.165) is 0 Å². The van der Waals surface area contributed by atoms with Gasteiger partial charge in [-0.25, -0.2) is 0 Å². The topological polar surface area (TPSA) is 40.9 Å². The first-order chi connectivity index (χ1) is 7.10. The van der Waals surface area contributed by atoms with E-state index in [0.29, 0.717) is 22.0 Å². The van der Waals surface area contributed by atoms with E-state index in [1.54, 1.807) is 19.1 Å². The molecule has 0 heterocycles. The predicted octanol–water partition coefficient (Wildman–Crippen LogP) is 3.73. The molecule has 0 aliphatic carbocycles. The summed E-state index contributed by atoms with van der Waals surface area (Å²) in [6.45, 7) is 1.79. The van der Waals surface area contributed by atoms with E-state index in [4.69, 9.17) is 28.5 Å². The number of halogens is 2. The van der Waals surface area contributed by atoms with Crippen LogP contribution >= 0.6 is 23.2 Å². The quantitative estimate of drug-likeness (QED) is 0.757. The van der Waals surface area contributed by atoms with Gasteiger partial charge in [0.05, 0.1) is 16.1 Å². The second-order valence-electron chi connectivity index (χ2n) is 3.08. The van der Waals surface area contributed by atoms with Crippen molar-refractivity contribution in [2.24, 2.45) is 5.92 Å². The van der Waals surface area contributed by atoms with Gasteiger partial charge in [0, 0.05) is 5.56 Å². The number of hydrogen-bond donors (Lipinski definition) is 0. The number of carbonyl (C=O) groups is 1. The third-order valence-corrected chi connectivity index (χ3v) is 2.82. The smallest absolute Gasteiger partial charge is 0.180 e. The van der Waals surface area contributed by atoms with E-state index >= 15 is 0 Å². The Bertz CT molecular complexity index is 423. The lowest BCUT2D eigenvalue weighted by molar-refractivity contribution is 0.0946. The summed E-state index contributed by atoms with van der Waals surface area (Å²) in [5, 5.41) is 9.48. The maximum atomic E-state index is 11.7. The Kier molecular flexibility index (Phi) is 4.14. The second-order valence-corrected chi connectivity index (χ2v) is 3.90. The zero-order chi connectivity index (χ0) is 11.4. The highest BCUT2D eigenvalue weighted by Crippen LogP contribution is 2.24. The van der Waals surface area contributed by atoms with Gasteiger partial charge < -0.3 is 0 Å². The lowest BCUT2D eigenvalue weighted by Crippen LogP contribution is -2.11. The maximum absolute atomic E-state index is 11.7. The van der Waals surface area contributed by atoms with Crippen molar-refractivity contribution in [1.29, 1.82) is 5.26 Å². The largest absolute Gasteiger partial charge is 0.293 e. The molecule has 1 aromatic rings. The lowest BCUT2D eigenvalue weighted by Gasteiger charge is -2.05. The fraction of sp³-hybridized carbons (Fsp3) is 0.273. The molecule has 0 N–H and O–H groups in total. The van der Waals surface area contributed by atoms with Crippen LogP contribution in [0.15, 0.2) is 18.2 Å². The van der Waals surface area contributed by atoms with Crippen LogP contribution in [0.4, 0.5) is 0 Å². The van der Waals surface area contributed by atoms with Crippen molar-refractivity contribution in [1.82, 2.24) is 0 Å². The molecule has 0 aliphatic rings. The number of ketones is 1. The van der Waals surface area contributed by atoms with Crippen molar-refractivity contribution in [3.8, 4) is 6.07 Å².